The molecule has 0 fully saturated rings. The molecule has 2 aromatic carbocycles. The number of benzene rings is 2. The minimum atomic E-state index is -0.453. The molecule has 31 heavy (non-hydrogen) atoms. The predicted molar refractivity (Wildman–Crippen MR) is 122 cm³/mol. The number of para-hydroxylation sites is 1. The van der Waals surface area contributed by atoms with E-state index >= 15 is 0 Å². The topological polar surface area (TPSA) is 85.6 Å². The Morgan fingerprint density at radius 2 is 1.84 bits per heavy atom. The van der Waals surface area contributed by atoms with E-state index in [-0.39, 0.29) is 5.91 Å². The van der Waals surface area contributed by atoms with Gasteiger partial charge in [-0.1, -0.05) is 36.0 Å². The number of anilines is 1. The van der Waals surface area contributed by atoms with Crippen molar-refractivity contribution in [3.05, 3.63) is 65.2 Å². The second kappa shape index (κ2) is 8.39. The van der Waals surface area contributed by atoms with Gasteiger partial charge in [-0.05, 0) is 56.2 Å². The van der Waals surface area contributed by atoms with Crippen molar-refractivity contribution in [3.63, 3.8) is 0 Å². The number of carbonyl (C=O) groups excluding carboxylic acids is 2. The molecule has 4 aromatic rings. The maximum absolute atomic E-state index is 12.8. The number of rotatable bonds is 5. The molecule has 1 amide bonds. The van der Waals surface area contributed by atoms with Crippen LogP contribution in [0.15, 0.2) is 53.7 Å². The summed E-state index contributed by atoms with van der Waals surface area (Å²) in [6, 6.07) is 14.8. The fourth-order valence-corrected chi connectivity index (χ4v) is 4.36. The second-order valence-corrected chi connectivity index (χ2v) is 8.60. The van der Waals surface area contributed by atoms with Gasteiger partial charge in [0.05, 0.1) is 23.4 Å². The summed E-state index contributed by atoms with van der Waals surface area (Å²) in [5.41, 5.74) is 4.95. The summed E-state index contributed by atoms with van der Waals surface area (Å²) in [7, 11) is 1.32. The van der Waals surface area contributed by atoms with Crippen LogP contribution in [0.5, 0.6) is 0 Å². The van der Waals surface area contributed by atoms with Crippen LogP contribution in [0.1, 0.15) is 28.4 Å². The summed E-state index contributed by atoms with van der Waals surface area (Å²) >= 11 is 1.34. The number of esters is 1. The number of hydrogen-bond donors (Lipinski definition) is 1. The molecule has 0 aliphatic heterocycles. The molecule has 0 aliphatic carbocycles. The van der Waals surface area contributed by atoms with Gasteiger partial charge in [-0.2, -0.15) is 0 Å². The maximum Gasteiger partial charge on any atom is 0.337 e. The van der Waals surface area contributed by atoms with E-state index in [0.29, 0.717) is 16.4 Å². The fraction of sp³-hybridized carbons (Fsp3) is 0.217. The monoisotopic (exact) mass is 434 g/mol. The summed E-state index contributed by atoms with van der Waals surface area (Å²) in [5.74, 6) is -0.650. The van der Waals surface area contributed by atoms with Crippen LogP contribution in [0.4, 0.5) is 5.69 Å². The Morgan fingerprint density at radius 3 is 2.61 bits per heavy atom. The Labute approximate surface area is 183 Å². The maximum atomic E-state index is 12.8. The smallest absolute Gasteiger partial charge is 0.337 e. The van der Waals surface area contributed by atoms with Crippen LogP contribution in [0, 0.1) is 13.8 Å². The Kier molecular flexibility index (Phi) is 5.65. The van der Waals surface area contributed by atoms with Crippen LogP contribution < -0.4 is 5.32 Å². The Morgan fingerprint density at radius 1 is 1.06 bits per heavy atom. The fourth-order valence-electron chi connectivity index (χ4n) is 3.50. The first-order valence-electron chi connectivity index (χ1n) is 9.79. The highest BCUT2D eigenvalue weighted by atomic mass is 32.2. The third-order valence-electron chi connectivity index (χ3n) is 5.09. The van der Waals surface area contributed by atoms with Gasteiger partial charge in [-0.25, -0.2) is 4.79 Å². The Bertz CT molecular complexity index is 1320. The SMILES string of the molecule is COC(=O)c1cccc(NC(=O)C(C)Sc2nnc3cc(C)c4cccc(C)c4n23)c1. The van der Waals surface area contributed by atoms with Crippen LogP contribution in [-0.2, 0) is 9.53 Å². The molecule has 0 radical (unpaired) electrons. The van der Waals surface area contributed by atoms with Crippen LogP contribution in [0.3, 0.4) is 0 Å². The third-order valence-corrected chi connectivity index (χ3v) is 6.14. The van der Waals surface area contributed by atoms with Crippen LogP contribution in [0.2, 0.25) is 0 Å². The van der Waals surface area contributed by atoms with Gasteiger partial charge >= 0.3 is 5.97 Å². The van der Waals surface area contributed by atoms with E-state index in [4.69, 9.17) is 4.74 Å². The van der Waals surface area contributed by atoms with Crippen LogP contribution in [-0.4, -0.2) is 38.8 Å². The summed E-state index contributed by atoms with van der Waals surface area (Å²) in [5, 5.41) is 12.9. The highest BCUT2D eigenvalue weighted by Gasteiger charge is 2.20. The summed E-state index contributed by atoms with van der Waals surface area (Å²) in [6.45, 7) is 5.93. The number of thioether (sulfide) groups is 1. The molecule has 0 spiro atoms. The molecule has 2 heterocycles. The van der Waals surface area contributed by atoms with E-state index < -0.39 is 11.2 Å². The molecule has 0 saturated carbocycles. The Hall–Kier alpha value is -3.39. The van der Waals surface area contributed by atoms with E-state index in [9.17, 15) is 9.59 Å². The van der Waals surface area contributed by atoms with Gasteiger partial charge in [-0.15, -0.1) is 10.2 Å². The first kappa shape index (κ1) is 20.9. The van der Waals surface area contributed by atoms with Gasteiger partial charge in [0.2, 0.25) is 5.91 Å². The molecular weight excluding hydrogens is 412 g/mol. The molecule has 0 bridgehead atoms. The van der Waals surface area contributed by atoms with Gasteiger partial charge in [0.25, 0.3) is 0 Å². The number of ether oxygens (including phenoxy) is 1. The first-order chi connectivity index (χ1) is 14.9. The number of amides is 1. The minimum absolute atomic E-state index is 0.197. The van der Waals surface area contributed by atoms with Gasteiger partial charge in [0, 0.05) is 11.1 Å². The van der Waals surface area contributed by atoms with Crippen LogP contribution in [0.25, 0.3) is 16.6 Å². The van der Waals surface area contributed by atoms with Gasteiger partial charge in [0.15, 0.2) is 10.8 Å². The number of nitrogens with zero attached hydrogens (tertiary/aromatic N) is 3. The van der Waals surface area contributed by atoms with Gasteiger partial charge < -0.3 is 10.1 Å². The van der Waals surface area contributed by atoms with Gasteiger partial charge in [0.1, 0.15) is 0 Å². The number of aryl methyl sites for hydroxylation is 2. The number of nitrogens with one attached hydrogen (secondary N) is 1. The largest absolute Gasteiger partial charge is 0.465 e. The van der Waals surface area contributed by atoms with E-state index in [1.807, 2.05) is 23.5 Å². The number of hydrogen-bond acceptors (Lipinski definition) is 6. The van der Waals surface area contributed by atoms with E-state index in [0.717, 1.165) is 27.7 Å². The number of fused-ring (bicyclic) bond motifs is 3. The van der Waals surface area contributed by atoms with E-state index in [2.05, 4.69) is 41.5 Å². The average Bonchev–Trinajstić information content (AvgIpc) is 3.15. The zero-order valence-electron chi connectivity index (χ0n) is 17.7. The van der Waals surface area contributed by atoms with Crippen molar-refractivity contribution in [2.75, 3.05) is 12.4 Å². The zero-order chi connectivity index (χ0) is 22.1. The third kappa shape index (κ3) is 3.98. The number of aromatic nitrogens is 3. The number of carbonyl (C=O) groups is 2. The molecular formula is C23H22N4O3S. The second-order valence-electron chi connectivity index (χ2n) is 7.30. The molecule has 0 saturated heterocycles. The summed E-state index contributed by atoms with van der Waals surface area (Å²) in [4.78, 5) is 24.5. The molecule has 2 aromatic heterocycles. The van der Waals surface area contributed by atoms with Crippen molar-refractivity contribution >= 4 is 45.9 Å². The van der Waals surface area contributed by atoms with Crippen molar-refractivity contribution in [2.24, 2.45) is 0 Å². The molecule has 8 heteroatoms. The molecule has 1 atom stereocenters. The zero-order valence-corrected chi connectivity index (χ0v) is 18.5. The van der Waals surface area contributed by atoms with Crippen molar-refractivity contribution < 1.29 is 14.3 Å². The highest BCUT2D eigenvalue weighted by molar-refractivity contribution is 8.00. The lowest BCUT2D eigenvalue weighted by Crippen LogP contribution is -2.23. The van der Waals surface area contributed by atoms with Crippen molar-refractivity contribution in [3.8, 4) is 0 Å². The van der Waals surface area contributed by atoms with E-state index in [1.165, 1.54) is 18.9 Å². The lowest BCUT2D eigenvalue weighted by molar-refractivity contribution is -0.115. The number of methoxy groups -OCH3 is 1. The predicted octanol–water partition coefficient (Wildman–Crippen LogP) is 4.41. The normalized spacial score (nSPS) is 12.1. The minimum Gasteiger partial charge on any atom is -0.465 e. The van der Waals surface area contributed by atoms with Crippen molar-refractivity contribution in [1.29, 1.82) is 0 Å². The Balaban J connectivity index is 1.61. The van der Waals surface area contributed by atoms with Crippen molar-refractivity contribution in [2.45, 2.75) is 31.2 Å². The molecule has 0 aliphatic rings. The quantitative estimate of drug-likeness (QED) is 0.370. The lowest BCUT2D eigenvalue weighted by atomic mass is 10.1. The molecule has 7 nitrogen and oxygen atoms in total. The molecule has 1 N–H and O–H groups in total. The van der Waals surface area contributed by atoms with Gasteiger partial charge in [-0.3, -0.25) is 9.20 Å². The molecule has 1 unspecified atom stereocenters. The standard InChI is InChI=1S/C23H22N4O3S/c1-13-7-5-10-18-14(2)11-19-25-26-23(27(19)20(13)18)31-15(3)21(28)24-17-9-6-8-16(12-17)22(29)30-4/h5-12,15H,1-4H3,(H,24,28). The first-order valence-corrected chi connectivity index (χ1v) is 10.7. The van der Waals surface area contributed by atoms with Crippen LogP contribution >= 0.6 is 11.8 Å². The summed E-state index contributed by atoms with van der Waals surface area (Å²) < 4.78 is 6.74. The van der Waals surface area contributed by atoms with E-state index in [1.54, 1.807) is 24.3 Å². The lowest BCUT2D eigenvalue weighted by Gasteiger charge is -2.13. The molecule has 158 valence electrons. The van der Waals surface area contributed by atoms with Crippen molar-refractivity contribution in [1.82, 2.24) is 14.6 Å². The highest BCUT2D eigenvalue weighted by Crippen LogP contribution is 2.30. The molecule has 4 rings (SSSR count). The summed E-state index contributed by atoms with van der Waals surface area (Å²) in [6.07, 6.45) is 0. The average molecular weight is 435 g/mol. The number of pyridine rings is 1.